The first-order valence-electron chi connectivity index (χ1n) is 8.43. The summed E-state index contributed by atoms with van der Waals surface area (Å²) in [5, 5.41) is 2.70. The van der Waals surface area contributed by atoms with E-state index in [0.717, 1.165) is 18.7 Å². The fourth-order valence-corrected chi connectivity index (χ4v) is 2.01. The summed E-state index contributed by atoms with van der Waals surface area (Å²) < 4.78 is 37.7. The van der Waals surface area contributed by atoms with Crippen LogP contribution in [0, 0.1) is 6.92 Å². The van der Waals surface area contributed by atoms with Gasteiger partial charge in [-0.2, -0.15) is 13.2 Å². The van der Waals surface area contributed by atoms with Crippen molar-refractivity contribution in [2.24, 2.45) is 4.99 Å². The van der Waals surface area contributed by atoms with Crippen molar-refractivity contribution in [3.8, 4) is 0 Å². The Kier molecular flexibility index (Phi) is 9.17. The number of hydrogen-bond acceptors (Lipinski definition) is 5. The Hall–Kier alpha value is -2.87. The van der Waals surface area contributed by atoms with E-state index in [1.807, 2.05) is 25.1 Å². The molecule has 1 N–H and O–H groups in total. The summed E-state index contributed by atoms with van der Waals surface area (Å²) >= 11 is 0. The molecule has 0 saturated heterocycles. The number of halogens is 3. The second-order valence-corrected chi connectivity index (χ2v) is 5.79. The highest BCUT2D eigenvalue weighted by atomic mass is 19.4. The van der Waals surface area contributed by atoms with Crippen molar-refractivity contribution in [1.29, 1.82) is 0 Å². The molecular formula is C20H23F3N4O. The molecular weight excluding hydrogens is 369 g/mol. The fraction of sp³-hybridized carbons (Fsp3) is 0.300. The molecule has 2 aromatic heterocycles. The first-order chi connectivity index (χ1) is 13.2. The second-order valence-electron chi connectivity index (χ2n) is 5.79. The molecule has 0 aromatic carbocycles. The SMILES string of the molecule is CN=C(/C=C(\C)C(F)(F)F)c1ccnc(C(=O)CNC)c1.Cc1ccccn1. The third-order valence-corrected chi connectivity index (χ3v) is 3.53. The lowest BCUT2D eigenvalue weighted by Crippen LogP contribution is -2.20. The van der Waals surface area contributed by atoms with Crippen molar-refractivity contribution in [2.45, 2.75) is 20.0 Å². The normalized spacial score (nSPS) is 12.2. The van der Waals surface area contributed by atoms with E-state index >= 15 is 0 Å². The van der Waals surface area contributed by atoms with Crippen LogP contribution in [0.15, 0.2) is 59.4 Å². The van der Waals surface area contributed by atoms with E-state index in [4.69, 9.17) is 0 Å². The Morgan fingerprint density at radius 1 is 1.21 bits per heavy atom. The number of nitrogens with one attached hydrogen (secondary N) is 1. The molecule has 28 heavy (non-hydrogen) atoms. The number of aromatic nitrogens is 2. The van der Waals surface area contributed by atoms with Gasteiger partial charge in [-0.25, -0.2) is 0 Å². The topological polar surface area (TPSA) is 67.2 Å². The van der Waals surface area contributed by atoms with Gasteiger partial charge in [-0.3, -0.25) is 19.8 Å². The lowest BCUT2D eigenvalue weighted by molar-refractivity contribution is -0.0912. The van der Waals surface area contributed by atoms with Gasteiger partial charge in [-0.1, -0.05) is 6.07 Å². The smallest absolute Gasteiger partial charge is 0.313 e. The zero-order chi connectivity index (χ0) is 21.2. The third-order valence-electron chi connectivity index (χ3n) is 3.53. The van der Waals surface area contributed by atoms with Crippen LogP contribution in [-0.2, 0) is 0 Å². The summed E-state index contributed by atoms with van der Waals surface area (Å²) in [6.07, 6.45) is -0.301. The van der Waals surface area contributed by atoms with Gasteiger partial charge in [0, 0.05) is 36.3 Å². The van der Waals surface area contributed by atoms with Gasteiger partial charge >= 0.3 is 6.18 Å². The van der Waals surface area contributed by atoms with Crippen molar-refractivity contribution < 1.29 is 18.0 Å². The van der Waals surface area contributed by atoms with Crippen molar-refractivity contribution >= 4 is 11.5 Å². The predicted octanol–water partition coefficient (Wildman–Crippen LogP) is 3.80. The highest BCUT2D eigenvalue weighted by Crippen LogP contribution is 2.25. The Bertz CT molecular complexity index is 831. The lowest BCUT2D eigenvalue weighted by atomic mass is 10.1. The van der Waals surface area contributed by atoms with Crippen LogP contribution in [0.4, 0.5) is 13.2 Å². The second kappa shape index (κ2) is 11.1. The first kappa shape index (κ1) is 23.2. The zero-order valence-electron chi connectivity index (χ0n) is 16.2. The molecule has 5 nitrogen and oxygen atoms in total. The summed E-state index contributed by atoms with van der Waals surface area (Å²) in [5.41, 5.74) is 1.05. The van der Waals surface area contributed by atoms with E-state index in [0.29, 0.717) is 5.56 Å². The molecule has 0 unspecified atom stereocenters. The quantitative estimate of drug-likeness (QED) is 0.621. The lowest BCUT2D eigenvalue weighted by Gasteiger charge is -2.08. The molecule has 0 amide bonds. The molecule has 2 aromatic rings. The van der Waals surface area contributed by atoms with Crippen LogP contribution < -0.4 is 5.32 Å². The Balaban J connectivity index is 0.000000467. The predicted molar refractivity (Wildman–Crippen MR) is 104 cm³/mol. The molecule has 0 aliphatic carbocycles. The Labute approximate surface area is 162 Å². The highest BCUT2D eigenvalue weighted by Gasteiger charge is 2.30. The molecule has 8 heteroatoms. The molecule has 150 valence electrons. The van der Waals surface area contributed by atoms with Gasteiger partial charge < -0.3 is 5.32 Å². The maximum absolute atomic E-state index is 12.6. The van der Waals surface area contributed by atoms with Gasteiger partial charge in [0.1, 0.15) is 5.69 Å². The fourth-order valence-electron chi connectivity index (χ4n) is 2.01. The van der Waals surface area contributed by atoms with Crippen LogP contribution in [0.1, 0.15) is 28.7 Å². The monoisotopic (exact) mass is 392 g/mol. The number of hydrogen-bond donors (Lipinski definition) is 1. The standard InChI is InChI=1S/C14H16F3N3O.C6H7N/c1-9(14(15,16)17)6-11(19-3)10-4-5-20-12(7-10)13(21)8-18-2;1-6-4-2-3-5-7-6/h4-7,18H,8H2,1-3H3;2-5H,1H3/b9-6+,19-11?;. The third kappa shape index (κ3) is 7.79. The average Bonchev–Trinajstić information content (AvgIpc) is 2.66. The molecule has 0 aliphatic rings. The first-order valence-corrected chi connectivity index (χ1v) is 8.43. The number of rotatable bonds is 5. The van der Waals surface area contributed by atoms with E-state index in [2.05, 4.69) is 20.3 Å². The van der Waals surface area contributed by atoms with Crippen LogP contribution in [0.3, 0.4) is 0 Å². The van der Waals surface area contributed by atoms with Gasteiger partial charge in [-0.15, -0.1) is 0 Å². The number of aliphatic imine (C=N–C) groups is 1. The number of carbonyl (C=O) groups excluding carboxylic acids is 1. The average molecular weight is 392 g/mol. The van der Waals surface area contributed by atoms with E-state index in [9.17, 15) is 18.0 Å². The number of nitrogens with zero attached hydrogens (tertiary/aromatic N) is 3. The summed E-state index contributed by atoms with van der Waals surface area (Å²) in [6, 6.07) is 8.80. The number of pyridine rings is 2. The van der Waals surface area contributed by atoms with Crippen molar-refractivity contribution in [2.75, 3.05) is 20.6 Å². The highest BCUT2D eigenvalue weighted by molar-refractivity contribution is 6.10. The summed E-state index contributed by atoms with van der Waals surface area (Å²) in [5.74, 6) is -0.244. The van der Waals surface area contributed by atoms with Crippen molar-refractivity contribution in [1.82, 2.24) is 15.3 Å². The molecule has 0 atom stereocenters. The summed E-state index contributed by atoms with van der Waals surface area (Å²) in [7, 11) is 3.02. The number of allylic oxidation sites excluding steroid dienone is 2. The van der Waals surface area contributed by atoms with Crippen LogP contribution in [0.25, 0.3) is 0 Å². The van der Waals surface area contributed by atoms with E-state index in [1.54, 1.807) is 13.2 Å². The number of alkyl halides is 3. The molecule has 0 saturated carbocycles. The Morgan fingerprint density at radius 2 is 1.93 bits per heavy atom. The van der Waals surface area contributed by atoms with Crippen molar-refractivity contribution in [3.63, 3.8) is 0 Å². The van der Waals surface area contributed by atoms with Crippen LogP contribution >= 0.6 is 0 Å². The number of carbonyl (C=O) groups is 1. The number of aryl methyl sites for hydroxylation is 1. The van der Waals surface area contributed by atoms with Crippen LogP contribution in [0.2, 0.25) is 0 Å². The molecule has 2 heterocycles. The summed E-state index contributed by atoms with van der Waals surface area (Å²) in [6.45, 7) is 3.05. The molecule has 0 aliphatic heterocycles. The maximum Gasteiger partial charge on any atom is 0.412 e. The molecule has 0 radical (unpaired) electrons. The minimum absolute atomic E-state index is 0.104. The van der Waals surface area contributed by atoms with E-state index < -0.39 is 11.7 Å². The molecule has 0 bridgehead atoms. The van der Waals surface area contributed by atoms with Gasteiger partial charge in [0.25, 0.3) is 0 Å². The number of ketones is 1. The summed E-state index contributed by atoms with van der Waals surface area (Å²) in [4.78, 5) is 23.5. The number of likely N-dealkylation sites (N-methyl/N-ethyl adjacent to an activating group) is 1. The molecule has 2 rings (SSSR count). The Morgan fingerprint density at radius 3 is 2.39 bits per heavy atom. The minimum atomic E-state index is -4.41. The molecule has 0 fully saturated rings. The largest absolute Gasteiger partial charge is 0.412 e. The van der Waals surface area contributed by atoms with E-state index in [-0.39, 0.29) is 23.7 Å². The van der Waals surface area contributed by atoms with E-state index in [1.165, 1.54) is 25.4 Å². The van der Waals surface area contributed by atoms with Gasteiger partial charge in [0.2, 0.25) is 0 Å². The van der Waals surface area contributed by atoms with Crippen LogP contribution in [-0.4, -0.2) is 48.3 Å². The van der Waals surface area contributed by atoms with Gasteiger partial charge in [0.05, 0.1) is 12.3 Å². The number of Topliss-reactive ketones (excluding diaryl/α,β-unsaturated/α-hetero) is 1. The zero-order valence-corrected chi connectivity index (χ0v) is 16.2. The maximum atomic E-state index is 12.6. The molecule has 0 spiro atoms. The van der Waals surface area contributed by atoms with Crippen molar-refractivity contribution in [3.05, 3.63) is 71.3 Å². The van der Waals surface area contributed by atoms with Crippen LogP contribution in [0.5, 0.6) is 0 Å². The van der Waals surface area contributed by atoms with Gasteiger partial charge in [0.15, 0.2) is 5.78 Å². The minimum Gasteiger partial charge on any atom is -0.313 e. The van der Waals surface area contributed by atoms with Gasteiger partial charge in [-0.05, 0) is 51.2 Å².